The van der Waals surface area contributed by atoms with Gasteiger partial charge in [-0.15, -0.1) is 0 Å². The van der Waals surface area contributed by atoms with Gasteiger partial charge in [0.1, 0.15) is 33.0 Å². The highest BCUT2D eigenvalue weighted by atomic mass is 127. The van der Waals surface area contributed by atoms with Gasteiger partial charge in [0.05, 0.1) is 41.4 Å². The standard InChI is InChI=1S/C17H30B2IO7P/c1-10-11(22)15(5,26-16(10,6)18)9-24-28(20,23)25-12-13(2,3)17(7,19)27-14(12,4)8-21/h10-12,21-22H,8-9H2,1-7H3/t10?,11?,12?,14?,15-,16-,17-,28?/m1/s1. The number of ether oxygens (including phenoxy) is 2. The van der Waals surface area contributed by atoms with Gasteiger partial charge in [0.15, 0.2) is 0 Å². The molecule has 2 saturated heterocycles. The average Bonchev–Trinajstić information content (AvgIpc) is 2.78. The first-order valence-corrected chi connectivity index (χ1v) is 13.6. The fraction of sp³-hybridized carbons (Fsp3) is 1.00. The van der Waals surface area contributed by atoms with E-state index < -0.39 is 45.1 Å². The molecule has 0 aromatic heterocycles. The first kappa shape index (κ1) is 25.1. The van der Waals surface area contributed by atoms with E-state index in [9.17, 15) is 14.8 Å². The average molecular weight is 526 g/mol. The minimum atomic E-state index is -3.66. The molecule has 0 aromatic carbocycles. The van der Waals surface area contributed by atoms with E-state index in [2.05, 4.69) is 0 Å². The number of halogens is 1. The lowest BCUT2D eigenvalue weighted by Crippen LogP contribution is -2.47. The molecule has 5 unspecified atom stereocenters. The van der Waals surface area contributed by atoms with Crippen LogP contribution < -0.4 is 0 Å². The SMILES string of the molecule is [B][C@]1(C)O[C@](C)(COP(=O)(I)OC2C(C)(CO)O[C@]([B])(C)C2(C)C)C(O)C1C. The summed E-state index contributed by atoms with van der Waals surface area (Å²) < 4.78 is 36.2. The second-order valence-corrected chi connectivity index (χ2v) is 14.3. The van der Waals surface area contributed by atoms with Crippen molar-refractivity contribution >= 4 is 43.0 Å². The van der Waals surface area contributed by atoms with Gasteiger partial charge in [0.25, 0.3) is 0 Å². The normalized spacial score (nSPS) is 50.6. The molecule has 7 nitrogen and oxygen atoms in total. The summed E-state index contributed by atoms with van der Waals surface area (Å²) in [6.45, 7) is 11.5. The predicted molar refractivity (Wildman–Crippen MR) is 116 cm³/mol. The lowest BCUT2D eigenvalue weighted by Gasteiger charge is -2.38. The molecular formula is C17H30B2IO7P. The van der Waals surface area contributed by atoms with Gasteiger partial charge < -0.3 is 19.7 Å². The van der Waals surface area contributed by atoms with E-state index >= 15 is 0 Å². The van der Waals surface area contributed by atoms with Gasteiger partial charge in [-0.1, -0.05) is 20.8 Å². The zero-order valence-corrected chi connectivity index (χ0v) is 20.6. The molecule has 28 heavy (non-hydrogen) atoms. The van der Waals surface area contributed by atoms with Crippen molar-refractivity contribution in [2.24, 2.45) is 11.3 Å². The van der Waals surface area contributed by atoms with Crippen LogP contribution in [0.4, 0.5) is 0 Å². The highest BCUT2D eigenvalue weighted by Gasteiger charge is 2.63. The zero-order valence-electron chi connectivity index (χ0n) is 17.6. The first-order valence-electron chi connectivity index (χ1n) is 9.23. The van der Waals surface area contributed by atoms with Gasteiger partial charge in [0, 0.05) is 22.3 Å². The topological polar surface area (TPSA) is 94.5 Å². The number of aliphatic hydroxyl groups is 2. The highest BCUT2D eigenvalue weighted by Crippen LogP contribution is 2.64. The second-order valence-electron chi connectivity index (χ2n) is 9.42. The first-order chi connectivity index (χ1) is 12.3. The molecule has 2 N–H and O–H groups in total. The Morgan fingerprint density at radius 2 is 1.64 bits per heavy atom. The Bertz CT molecular complexity index is 661. The van der Waals surface area contributed by atoms with Crippen molar-refractivity contribution in [3.63, 3.8) is 0 Å². The zero-order chi connectivity index (χ0) is 22.0. The Hall–Kier alpha value is 0.850. The maximum atomic E-state index is 13.1. The number of rotatable bonds is 6. The Morgan fingerprint density at radius 3 is 2.07 bits per heavy atom. The third kappa shape index (κ3) is 4.27. The molecule has 8 atom stereocenters. The smallest absolute Gasteiger partial charge is 0.389 e. The molecular weight excluding hydrogens is 496 g/mol. The van der Waals surface area contributed by atoms with Crippen molar-refractivity contribution in [3.8, 4) is 0 Å². The maximum Gasteiger partial charge on any atom is 0.389 e. The van der Waals surface area contributed by atoms with Gasteiger partial charge in [-0.05, 0) is 27.7 Å². The molecule has 0 aliphatic carbocycles. The van der Waals surface area contributed by atoms with Gasteiger partial charge in [-0.3, -0.25) is 9.05 Å². The van der Waals surface area contributed by atoms with Crippen molar-refractivity contribution in [2.45, 2.75) is 82.9 Å². The molecule has 11 heteroatoms. The largest absolute Gasteiger partial charge is 0.393 e. The van der Waals surface area contributed by atoms with Crippen molar-refractivity contribution < 1.29 is 33.3 Å². The summed E-state index contributed by atoms with van der Waals surface area (Å²) in [4.78, 5) is 0. The maximum absolute atomic E-state index is 13.1. The second kappa shape index (κ2) is 7.47. The molecule has 4 radical (unpaired) electrons. The predicted octanol–water partition coefficient (Wildman–Crippen LogP) is 2.29. The molecule has 2 fully saturated rings. The summed E-state index contributed by atoms with van der Waals surface area (Å²) in [5.74, 6) is -0.339. The van der Waals surface area contributed by atoms with E-state index in [1.54, 1.807) is 56.7 Å². The van der Waals surface area contributed by atoms with Crippen molar-refractivity contribution in [1.82, 2.24) is 0 Å². The molecule has 0 amide bonds. The Kier molecular flexibility index (Phi) is 6.70. The Labute approximate surface area is 183 Å². The Morgan fingerprint density at radius 1 is 1.11 bits per heavy atom. The van der Waals surface area contributed by atoms with Crippen LogP contribution in [0.3, 0.4) is 0 Å². The molecule has 0 aromatic rings. The van der Waals surface area contributed by atoms with Crippen LogP contribution >= 0.6 is 27.3 Å². The van der Waals surface area contributed by atoms with Crippen LogP contribution in [0.1, 0.15) is 48.5 Å². The van der Waals surface area contributed by atoms with Crippen LogP contribution in [0.5, 0.6) is 0 Å². The van der Waals surface area contributed by atoms with Crippen LogP contribution in [0, 0.1) is 11.3 Å². The summed E-state index contributed by atoms with van der Waals surface area (Å²) in [7, 11) is 12.3. The van der Waals surface area contributed by atoms with E-state index in [1.807, 2.05) is 13.8 Å². The van der Waals surface area contributed by atoms with E-state index in [0.29, 0.717) is 0 Å². The van der Waals surface area contributed by atoms with Gasteiger partial charge in [0.2, 0.25) is 0 Å². The molecule has 2 rings (SSSR count). The van der Waals surface area contributed by atoms with Crippen LogP contribution in [0.25, 0.3) is 0 Å². The molecule has 2 aliphatic heterocycles. The molecule has 2 heterocycles. The summed E-state index contributed by atoms with van der Waals surface area (Å²) in [6, 6.07) is 0. The number of aliphatic hydroxyl groups excluding tert-OH is 2. The van der Waals surface area contributed by atoms with Crippen molar-refractivity contribution in [1.29, 1.82) is 0 Å². The molecule has 0 spiro atoms. The fourth-order valence-corrected chi connectivity index (χ4v) is 6.34. The molecule has 158 valence electrons. The summed E-state index contributed by atoms with van der Waals surface area (Å²) in [6.07, 6.45) is -1.70. The Balaban J connectivity index is 2.17. The van der Waals surface area contributed by atoms with E-state index in [1.165, 1.54) is 0 Å². The fourth-order valence-electron chi connectivity index (χ4n) is 4.03. The van der Waals surface area contributed by atoms with Crippen LogP contribution in [0.2, 0.25) is 0 Å². The summed E-state index contributed by atoms with van der Waals surface area (Å²) in [5, 5.41) is 16.7. The van der Waals surface area contributed by atoms with Crippen LogP contribution in [-0.4, -0.2) is 73.5 Å². The van der Waals surface area contributed by atoms with Crippen molar-refractivity contribution in [2.75, 3.05) is 13.2 Å². The highest BCUT2D eigenvalue weighted by molar-refractivity contribution is 14.2. The minimum Gasteiger partial charge on any atom is -0.393 e. The third-order valence-electron chi connectivity index (χ3n) is 6.44. The number of hydrogen-bond donors (Lipinski definition) is 2. The molecule has 2 aliphatic rings. The minimum absolute atomic E-state index is 0.185. The van der Waals surface area contributed by atoms with Gasteiger partial charge in [-0.25, -0.2) is 4.57 Å². The van der Waals surface area contributed by atoms with E-state index in [-0.39, 0.29) is 19.1 Å². The van der Waals surface area contributed by atoms with Gasteiger partial charge in [-0.2, -0.15) is 0 Å². The lowest BCUT2D eigenvalue weighted by molar-refractivity contribution is -0.110. The number of hydrogen-bond acceptors (Lipinski definition) is 7. The van der Waals surface area contributed by atoms with E-state index in [0.717, 1.165) is 0 Å². The third-order valence-corrected chi connectivity index (χ3v) is 8.86. The lowest BCUT2D eigenvalue weighted by atomic mass is 9.62. The monoisotopic (exact) mass is 526 g/mol. The molecule has 0 saturated carbocycles. The quantitative estimate of drug-likeness (QED) is 0.312. The summed E-state index contributed by atoms with van der Waals surface area (Å²) >= 11 is 1.61. The van der Waals surface area contributed by atoms with Crippen LogP contribution in [-0.2, 0) is 23.1 Å². The molecule has 0 bridgehead atoms. The van der Waals surface area contributed by atoms with Gasteiger partial charge >= 0.3 is 5.24 Å². The van der Waals surface area contributed by atoms with Crippen LogP contribution in [0.15, 0.2) is 0 Å². The van der Waals surface area contributed by atoms with Crippen molar-refractivity contribution in [3.05, 3.63) is 0 Å². The summed E-state index contributed by atoms with van der Waals surface area (Å²) in [5.41, 5.74) is -5.22. The van der Waals surface area contributed by atoms with E-state index in [4.69, 9.17) is 34.2 Å².